The Labute approximate surface area is 111 Å². The summed E-state index contributed by atoms with van der Waals surface area (Å²) in [4.78, 5) is 20.9. The highest BCUT2D eigenvalue weighted by Crippen LogP contribution is 2.22. The van der Waals surface area contributed by atoms with Crippen LogP contribution in [0.2, 0.25) is 4.34 Å². The number of hydrogen-bond donors (Lipinski definition) is 2. The second kappa shape index (κ2) is 7.46. The molecule has 1 heterocycles. The van der Waals surface area contributed by atoms with E-state index in [-0.39, 0.29) is 0 Å². The van der Waals surface area contributed by atoms with Crippen molar-refractivity contribution in [3.8, 4) is 0 Å². The fraction of sp³-hybridized carbons (Fsp3) is 0.500. The van der Waals surface area contributed by atoms with Gasteiger partial charge in [0.05, 0.1) is 0 Å². The minimum absolute atomic E-state index is 0.355. The molecule has 0 radical (unpaired) electrons. The van der Waals surface area contributed by atoms with Crippen LogP contribution in [0.4, 0.5) is 0 Å². The highest BCUT2D eigenvalue weighted by atomic mass is 35.5. The highest BCUT2D eigenvalue weighted by molar-refractivity contribution is 7.98. The van der Waals surface area contributed by atoms with E-state index in [1.165, 1.54) is 11.8 Å². The third kappa shape index (κ3) is 4.88. The average molecular weight is 296 g/mol. The number of amides is 1. The molecule has 1 unspecified atom stereocenters. The van der Waals surface area contributed by atoms with Crippen LogP contribution >= 0.6 is 34.9 Å². The van der Waals surface area contributed by atoms with Crippen LogP contribution in [0.15, 0.2) is 0 Å². The number of hydrogen-bond acceptors (Lipinski definition) is 6. The predicted molar refractivity (Wildman–Crippen MR) is 66.3 cm³/mol. The molecule has 9 heteroatoms. The molecule has 1 aromatic heterocycles. The summed E-state index contributed by atoms with van der Waals surface area (Å²) >= 11 is 8.43. The fourth-order valence-corrected chi connectivity index (χ4v) is 2.75. The summed E-state index contributed by atoms with van der Waals surface area (Å²) in [5, 5.41) is 14.8. The minimum atomic E-state index is -1.04. The average Bonchev–Trinajstić information content (AvgIpc) is 2.68. The monoisotopic (exact) mass is 295 g/mol. The Morgan fingerprint density at radius 3 is 3.00 bits per heavy atom. The van der Waals surface area contributed by atoms with Crippen molar-refractivity contribution >= 4 is 47.3 Å². The maximum atomic E-state index is 10.7. The lowest BCUT2D eigenvalue weighted by Crippen LogP contribution is -2.36. The van der Waals surface area contributed by atoms with Crippen molar-refractivity contribution in [1.82, 2.24) is 14.9 Å². The number of rotatable bonds is 8. The first-order valence-corrected chi connectivity index (χ1v) is 6.92. The third-order valence-electron chi connectivity index (χ3n) is 1.87. The Morgan fingerprint density at radius 2 is 2.47 bits per heavy atom. The SMILES string of the molecule is O=CNC(CCSCc1nnsc1Cl)C(=O)O. The maximum Gasteiger partial charge on any atom is 0.326 e. The summed E-state index contributed by atoms with van der Waals surface area (Å²) in [5.74, 6) is 0.139. The van der Waals surface area contributed by atoms with E-state index < -0.39 is 12.0 Å². The summed E-state index contributed by atoms with van der Waals surface area (Å²) in [6, 6.07) is -0.843. The first-order chi connectivity index (χ1) is 8.15. The van der Waals surface area contributed by atoms with E-state index in [0.29, 0.717) is 34.4 Å². The molecule has 0 fully saturated rings. The number of carbonyl (C=O) groups excluding carboxylic acids is 1. The van der Waals surface area contributed by atoms with E-state index in [4.69, 9.17) is 16.7 Å². The largest absolute Gasteiger partial charge is 0.480 e. The van der Waals surface area contributed by atoms with Crippen molar-refractivity contribution in [3.63, 3.8) is 0 Å². The van der Waals surface area contributed by atoms with Crippen LogP contribution in [0.1, 0.15) is 12.1 Å². The number of thioether (sulfide) groups is 1. The summed E-state index contributed by atoms with van der Waals surface area (Å²) < 4.78 is 4.24. The molecule has 0 spiro atoms. The molecule has 1 amide bonds. The summed E-state index contributed by atoms with van der Waals surface area (Å²) in [7, 11) is 0. The molecule has 6 nitrogen and oxygen atoms in total. The standard InChI is InChI=1S/C8H10ClN3O3S2/c9-7-6(11-12-17-7)3-16-2-1-5(8(14)15)10-4-13/h4-5H,1-3H2,(H,10,13)(H,14,15). The van der Waals surface area contributed by atoms with Crippen LogP contribution in [0.25, 0.3) is 0 Å². The van der Waals surface area contributed by atoms with Gasteiger partial charge in [0, 0.05) is 17.3 Å². The molecule has 0 aromatic carbocycles. The number of aliphatic carboxylic acids is 1. The van der Waals surface area contributed by atoms with Crippen molar-refractivity contribution in [3.05, 3.63) is 10.0 Å². The number of halogens is 1. The number of carboxylic acid groups (broad SMARTS) is 1. The normalized spacial score (nSPS) is 12.1. The predicted octanol–water partition coefficient (Wildman–Crippen LogP) is 1.01. The van der Waals surface area contributed by atoms with Crippen molar-refractivity contribution < 1.29 is 14.7 Å². The van der Waals surface area contributed by atoms with Crippen LogP contribution in [-0.2, 0) is 15.3 Å². The van der Waals surface area contributed by atoms with Gasteiger partial charge in [-0.3, -0.25) is 4.79 Å². The van der Waals surface area contributed by atoms with Crippen LogP contribution in [0, 0.1) is 0 Å². The van der Waals surface area contributed by atoms with Crippen LogP contribution < -0.4 is 5.32 Å². The van der Waals surface area contributed by atoms with Gasteiger partial charge in [0.2, 0.25) is 6.41 Å². The zero-order chi connectivity index (χ0) is 12.7. The van der Waals surface area contributed by atoms with E-state index >= 15 is 0 Å². The van der Waals surface area contributed by atoms with Gasteiger partial charge in [0.15, 0.2) is 0 Å². The molecule has 1 aromatic rings. The lowest BCUT2D eigenvalue weighted by Gasteiger charge is -2.09. The molecular formula is C8H10ClN3O3S2. The second-order valence-corrected chi connectivity index (χ2v) is 5.47. The van der Waals surface area contributed by atoms with Gasteiger partial charge in [-0.25, -0.2) is 4.79 Å². The molecule has 94 valence electrons. The maximum absolute atomic E-state index is 10.7. The Morgan fingerprint density at radius 1 is 1.71 bits per heavy atom. The number of aromatic nitrogens is 2. The highest BCUT2D eigenvalue weighted by Gasteiger charge is 2.15. The zero-order valence-corrected chi connectivity index (χ0v) is 11.0. The Kier molecular flexibility index (Phi) is 6.23. The van der Waals surface area contributed by atoms with Gasteiger partial charge >= 0.3 is 5.97 Å². The van der Waals surface area contributed by atoms with Gasteiger partial charge in [0.25, 0.3) is 0 Å². The number of carboxylic acids is 1. The van der Waals surface area contributed by atoms with Crippen LogP contribution in [0.5, 0.6) is 0 Å². The number of carbonyl (C=O) groups is 2. The lowest BCUT2D eigenvalue weighted by molar-refractivity contribution is -0.140. The molecule has 17 heavy (non-hydrogen) atoms. The van der Waals surface area contributed by atoms with Crippen LogP contribution in [-0.4, -0.2) is 38.9 Å². The summed E-state index contributed by atoms with van der Waals surface area (Å²) in [6.45, 7) is 0. The van der Waals surface area contributed by atoms with E-state index in [1.807, 2.05) is 0 Å². The molecule has 2 N–H and O–H groups in total. The van der Waals surface area contributed by atoms with Gasteiger partial charge in [-0.2, -0.15) is 11.8 Å². The second-order valence-electron chi connectivity index (χ2n) is 3.01. The molecular weight excluding hydrogens is 286 g/mol. The third-order valence-corrected chi connectivity index (χ3v) is 3.85. The molecule has 1 atom stereocenters. The summed E-state index contributed by atoms with van der Waals surface area (Å²) in [5.41, 5.74) is 0.705. The number of nitrogens with zero attached hydrogens (tertiary/aromatic N) is 2. The minimum Gasteiger partial charge on any atom is -0.480 e. The summed E-state index contributed by atoms with van der Waals surface area (Å²) in [6.07, 6.45) is 0.749. The van der Waals surface area contributed by atoms with Gasteiger partial charge < -0.3 is 10.4 Å². The van der Waals surface area contributed by atoms with Crippen molar-refractivity contribution in [2.75, 3.05) is 5.75 Å². The van der Waals surface area contributed by atoms with E-state index in [1.54, 1.807) is 0 Å². The smallest absolute Gasteiger partial charge is 0.326 e. The van der Waals surface area contributed by atoms with E-state index in [0.717, 1.165) is 11.5 Å². The Balaban J connectivity index is 2.25. The Hall–Kier alpha value is -0.860. The molecule has 1 rings (SSSR count). The van der Waals surface area contributed by atoms with E-state index in [9.17, 15) is 9.59 Å². The first kappa shape index (κ1) is 14.2. The molecule has 0 aliphatic rings. The first-order valence-electron chi connectivity index (χ1n) is 4.62. The molecule has 0 saturated carbocycles. The van der Waals surface area contributed by atoms with Gasteiger partial charge in [-0.15, -0.1) is 5.10 Å². The van der Waals surface area contributed by atoms with Crippen molar-refractivity contribution in [1.29, 1.82) is 0 Å². The molecule has 0 saturated heterocycles. The Bertz CT molecular complexity index is 388. The van der Waals surface area contributed by atoms with E-state index in [2.05, 4.69) is 14.9 Å². The zero-order valence-electron chi connectivity index (χ0n) is 8.63. The number of nitrogens with one attached hydrogen (secondary N) is 1. The van der Waals surface area contributed by atoms with Gasteiger partial charge in [-0.05, 0) is 12.2 Å². The van der Waals surface area contributed by atoms with Crippen molar-refractivity contribution in [2.24, 2.45) is 0 Å². The van der Waals surface area contributed by atoms with Gasteiger partial charge in [0.1, 0.15) is 16.1 Å². The molecule has 0 bridgehead atoms. The lowest BCUT2D eigenvalue weighted by atomic mass is 10.2. The van der Waals surface area contributed by atoms with Gasteiger partial charge in [-0.1, -0.05) is 16.1 Å². The topological polar surface area (TPSA) is 92.2 Å². The van der Waals surface area contributed by atoms with Crippen molar-refractivity contribution in [2.45, 2.75) is 18.2 Å². The molecule has 0 aliphatic heterocycles. The molecule has 0 aliphatic carbocycles. The fourth-order valence-electron chi connectivity index (χ4n) is 1.01. The van der Waals surface area contributed by atoms with Crippen LogP contribution in [0.3, 0.4) is 0 Å². The quantitative estimate of drug-likeness (QED) is 0.549.